The van der Waals surface area contributed by atoms with Gasteiger partial charge in [0.15, 0.2) is 5.41 Å². The van der Waals surface area contributed by atoms with Crippen LogP contribution in [0, 0.1) is 33.5 Å². The van der Waals surface area contributed by atoms with Gasteiger partial charge in [-0.2, -0.15) is 23.7 Å². The molecule has 2 aliphatic rings. The van der Waals surface area contributed by atoms with Crippen molar-refractivity contribution in [3.05, 3.63) is 35.4 Å². The van der Waals surface area contributed by atoms with Crippen molar-refractivity contribution in [2.24, 2.45) is 21.6 Å². The summed E-state index contributed by atoms with van der Waals surface area (Å²) >= 11 is 0. The topological polar surface area (TPSA) is 104 Å². The first-order chi connectivity index (χ1) is 12.7. The van der Waals surface area contributed by atoms with Gasteiger partial charge in [-0.3, -0.25) is 0 Å². The number of nitrogens with zero attached hydrogens (tertiary/aromatic N) is 3. The molecule has 1 aliphatic heterocycles. The Morgan fingerprint density at radius 2 is 1.81 bits per heavy atom. The number of benzene rings is 1. The summed E-state index contributed by atoms with van der Waals surface area (Å²) in [5.41, 5.74) is 2.01. The second-order valence-electron chi connectivity index (χ2n) is 6.34. The molecule has 1 heterocycles. The van der Waals surface area contributed by atoms with Crippen molar-refractivity contribution in [1.29, 1.82) is 10.5 Å². The van der Waals surface area contributed by atoms with Crippen LogP contribution in [0.5, 0.6) is 0 Å². The smallest absolute Gasteiger partial charge is 0.386 e. The molecule has 9 heteroatoms. The summed E-state index contributed by atoms with van der Waals surface area (Å²) in [4.78, 5) is 4.15. The van der Waals surface area contributed by atoms with E-state index in [2.05, 4.69) is 11.1 Å². The van der Waals surface area contributed by atoms with Gasteiger partial charge in [0, 0.05) is 19.1 Å². The molecule has 6 nitrogen and oxygen atoms in total. The van der Waals surface area contributed by atoms with Gasteiger partial charge in [-0.25, -0.2) is 4.99 Å². The third-order valence-corrected chi connectivity index (χ3v) is 5.15. The second-order valence-corrected chi connectivity index (χ2v) is 6.34. The van der Waals surface area contributed by atoms with E-state index in [0.717, 1.165) is 12.1 Å². The summed E-state index contributed by atoms with van der Waals surface area (Å²) in [5.74, 6) is -2.97. The zero-order valence-electron chi connectivity index (χ0n) is 14.7. The molecule has 1 aromatic carbocycles. The Morgan fingerprint density at radius 1 is 1.19 bits per heavy atom. The molecule has 27 heavy (non-hydrogen) atoms. The minimum Gasteiger partial charge on any atom is -0.386 e. The molecule has 142 valence electrons. The minimum absolute atomic E-state index is 0.108. The van der Waals surface area contributed by atoms with Crippen molar-refractivity contribution < 1.29 is 22.6 Å². The molecular formula is C18H17F3N4O2. The number of aliphatic imine (C=N–C) groups is 1. The van der Waals surface area contributed by atoms with Gasteiger partial charge in [0.05, 0.1) is 17.7 Å². The highest BCUT2D eigenvalue weighted by Gasteiger charge is 2.93. The van der Waals surface area contributed by atoms with Gasteiger partial charge in [-0.15, -0.1) is 0 Å². The molecule has 0 spiro atoms. The molecule has 0 bridgehead atoms. The SMILES string of the molecule is CCOC1(OCC)N=C(N)[C@]2(C#N)[C@H](c3cccc(C(F)(F)F)c3)[C@]12C#N. The lowest BCUT2D eigenvalue weighted by molar-refractivity contribution is -0.255. The Balaban J connectivity index is 2.21. The van der Waals surface area contributed by atoms with Crippen LogP contribution in [0.1, 0.15) is 30.9 Å². The maximum atomic E-state index is 13.1. The number of ether oxygens (including phenoxy) is 2. The van der Waals surface area contributed by atoms with Crippen molar-refractivity contribution in [3.8, 4) is 12.1 Å². The van der Waals surface area contributed by atoms with Crippen LogP contribution in [0.25, 0.3) is 0 Å². The van der Waals surface area contributed by atoms with E-state index in [9.17, 15) is 23.7 Å². The monoisotopic (exact) mass is 378 g/mol. The van der Waals surface area contributed by atoms with E-state index in [1.807, 2.05) is 6.07 Å². The lowest BCUT2D eigenvalue weighted by atomic mass is 9.93. The maximum Gasteiger partial charge on any atom is 0.416 e. The van der Waals surface area contributed by atoms with E-state index >= 15 is 0 Å². The number of hydrogen-bond donors (Lipinski definition) is 1. The number of rotatable bonds is 5. The van der Waals surface area contributed by atoms with E-state index in [1.165, 1.54) is 12.1 Å². The van der Waals surface area contributed by atoms with Gasteiger partial charge < -0.3 is 15.2 Å². The molecule has 3 atom stereocenters. The summed E-state index contributed by atoms with van der Waals surface area (Å²) in [5, 5.41) is 19.9. The summed E-state index contributed by atoms with van der Waals surface area (Å²) in [6, 6.07) is 8.60. The molecule has 1 saturated carbocycles. The predicted octanol–water partition coefficient (Wildman–Crippen LogP) is 2.92. The van der Waals surface area contributed by atoms with E-state index in [0.29, 0.717) is 0 Å². The third kappa shape index (κ3) is 2.16. The van der Waals surface area contributed by atoms with Gasteiger partial charge in [-0.1, -0.05) is 18.2 Å². The third-order valence-electron chi connectivity index (χ3n) is 5.15. The lowest BCUT2D eigenvalue weighted by Crippen LogP contribution is -2.43. The van der Waals surface area contributed by atoms with Crippen molar-refractivity contribution in [2.45, 2.75) is 31.9 Å². The van der Waals surface area contributed by atoms with Crippen LogP contribution >= 0.6 is 0 Å². The molecule has 1 fully saturated rings. The molecule has 0 amide bonds. The molecule has 2 N–H and O–H groups in total. The first-order valence-corrected chi connectivity index (χ1v) is 8.34. The van der Waals surface area contributed by atoms with E-state index in [1.54, 1.807) is 13.8 Å². The van der Waals surface area contributed by atoms with Gasteiger partial charge >= 0.3 is 6.18 Å². The van der Waals surface area contributed by atoms with Crippen molar-refractivity contribution in [1.82, 2.24) is 0 Å². The van der Waals surface area contributed by atoms with Crippen LogP contribution < -0.4 is 5.73 Å². The summed E-state index contributed by atoms with van der Waals surface area (Å²) < 4.78 is 50.7. The summed E-state index contributed by atoms with van der Waals surface area (Å²) in [6.45, 7) is 3.53. The quantitative estimate of drug-likeness (QED) is 0.793. The molecular weight excluding hydrogens is 361 g/mol. The number of alkyl halides is 3. The molecule has 1 aliphatic carbocycles. The molecule has 1 aromatic rings. The first kappa shape index (κ1) is 19.2. The predicted molar refractivity (Wildman–Crippen MR) is 87.9 cm³/mol. The number of nitrogens with two attached hydrogens (primary N) is 1. The normalized spacial score (nSPS) is 30.8. The van der Waals surface area contributed by atoms with Crippen LogP contribution in [-0.4, -0.2) is 25.0 Å². The van der Waals surface area contributed by atoms with Crippen molar-refractivity contribution in [2.75, 3.05) is 13.2 Å². The van der Waals surface area contributed by atoms with Gasteiger partial charge in [0.2, 0.25) is 0 Å². The molecule has 3 rings (SSSR count). The number of amidine groups is 1. The van der Waals surface area contributed by atoms with E-state index < -0.39 is 34.4 Å². The number of hydrogen-bond acceptors (Lipinski definition) is 6. The number of halogens is 3. The maximum absolute atomic E-state index is 13.1. The fraction of sp³-hybridized carbons (Fsp3) is 0.500. The summed E-state index contributed by atoms with van der Waals surface area (Å²) in [7, 11) is 0. The Kier molecular flexibility index (Phi) is 4.22. The van der Waals surface area contributed by atoms with Crippen LogP contribution in [0.3, 0.4) is 0 Å². The van der Waals surface area contributed by atoms with Crippen LogP contribution in [0.2, 0.25) is 0 Å². The van der Waals surface area contributed by atoms with E-state index in [4.69, 9.17) is 15.2 Å². The van der Waals surface area contributed by atoms with Crippen LogP contribution in [0.15, 0.2) is 29.3 Å². The standard InChI is InChI=1S/C18H17F3N4O2/c1-3-26-18(27-4-2)16(10-23)13(15(16,9-22)14(24)25-18)11-6-5-7-12(8-11)17(19,20)21/h5-8,13H,3-4H2,1-2H3,(H2,24,25)/t13-,15-,16-/m0/s1. The molecule has 0 saturated heterocycles. The lowest BCUT2D eigenvalue weighted by Gasteiger charge is -2.31. The van der Waals surface area contributed by atoms with Crippen molar-refractivity contribution >= 4 is 5.84 Å². The minimum atomic E-state index is -4.56. The highest BCUT2D eigenvalue weighted by Crippen LogP contribution is 2.82. The zero-order chi connectivity index (χ0) is 20.1. The summed E-state index contributed by atoms with van der Waals surface area (Å²) in [6.07, 6.45) is -4.56. The highest BCUT2D eigenvalue weighted by molar-refractivity contribution is 6.00. The largest absolute Gasteiger partial charge is 0.416 e. The average molecular weight is 378 g/mol. The van der Waals surface area contributed by atoms with Gasteiger partial charge in [0.25, 0.3) is 5.91 Å². The van der Waals surface area contributed by atoms with Crippen LogP contribution in [-0.2, 0) is 15.7 Å². The zero-order valence-corrected chi connectivity index (χ0v) is 14.7. The Labute approximate surface area is 154 Å². The Hall–Kier alpha value is -2.62. The average Bonchev–Trinajstić information content (AvgIpc) is 3.20. The fourth-order valence-corrected chi connectivity index (χ4v) is 4.14. The Morgan fingerprint density at radius 3 is 2.30 bits per heavy atom. The number of fused-ring (bicyclic) bond motifs is 1. The first-order valence-electron chi connectivity index (χ1n) is 8.34. The Bertz CT molecular complexity index is 880. The van der Waals surface area contributed by atoms with Gasteiger partial charge in [-0.05, 0) is 25.5 Å². The second kappa shape index (κ2) is 5.95. The molecule has 0 aromatic heterocycles. The van der Waals surface area contributed by atoms with Crippen LogP contribution in [0.4, 0.5) is 13.2 Å². The van der Waals surface area contributed by atoms with E-state index in [-0.39, 0.29) is 24.6 Å². The van der Waals surface area contributed by atoms with Gasteiger partial charge in [0.1, 0.15) is 11.3 Å². The fourth-order valence-electron chi connectivity index (χ4n) is 4.14. The molecule has 0 radical (unpaired) electrons. The highest BCUT2D eigenvalue weighted by atomic mass is 19.4. The van der Waals surface area contributed by atoms with Crippen molar-refractivity contribution in [3.63, 3.8) is 0 Å². The number of nitriles is 2. The molecule has 0 unspecified atom stereocenters.